The molecule has 12 heavy (non-hydrogen) atoms. The van der Waals surface area contributed by atoms with Gasteiger partial charge in [-0.3, -0.25) is 4.68 Å². The lowest BCUT2D eigenvalue weighted by atomic mass is 10.1. The molecule has 0 aliphatic rings. The van der Waals surface area contributed by atoms with Crippen molar-refractivity contribution < 1.29 is 0 Å². The molecule has 1 N–H and O–H groups in total. The largest absolute Gasteiger partial charge is 0.317 e. The SMILES string of the molecule is CNC(C)Cc1cnn(C)c1C. The Morgan fingerprint density at radius 3 is 2.75 bits per heavy atom. The van der Waals surface area contributed by atoms with Gasteiger partial charge < -0.3 is 5.32 Å². The Morgan fingerprint density at radius 2 is 2.33 bits per heavy atom. The normalized spacial score (nSPS) is 13.3. The van der Waals surface area contributed by atoms with E-state index in [4.69, 9.17) is 0 Å². The van der Waals surface area contributed by atoms with Gasteiger partial charge in [0.1, 0.15) is 0 Å². The van der Waals surface area contributed by atoms with Crippen LogP contribution in [0.2, 0.25) is 0 Å². The summed E-state index contributed by atoms with van der Waals surface area (Å²) in [6.07, 6.45) is 3.00. The van der Waals surface area contributed by atoms with Gasteiger partial charge in [0.2, 0.25) is 0 Å². The van der Waals surface area contributed by atoms with Crippen LogP contribution in [0.5, 0.6) is 0 Å². The molecule has 1 atom stereocenters. The topological polar surface area (TPSA) is 29.9 Å². The van der Waals surface area contributed by atoms with Gasteiger partial charge in [0.25, 0.3) is 0 Å². The van der Waals surface area contributed by atoms with Crippen molar-refractivity contribution in [3.8, 4) is 0 Å². The van der Waals surface area contributed by atoms with Crippen LogP contribution in [-0.2, 0) is 13.5 Å². The standard InChI is InChI=1S/C9H17N3/c1-7(10-3)5-9-6-11-12(4)8(9)2/h6-7,10H,5H2,1-4H3. The highest BCUT2D eigenvalue weighted by Crippen LogP contribution is 2.07. The molecule has 0 bridgehead atoms. The number of aromatic nitrogens is 2. The highest BCUT2D eigenvalue weighted by molar-refractivity contribution is 5.16. The van der Waals surface area contributed by atoms with Gasteiger partial charge in [-0.15, -0.1) is 0 Å². The van der Waals surface area contributed by atoms with Gasteiger partial charge in [-0.1, -0.05) is 0 Å². The van der Waals surface area contributed by atoms with E-state index < -0.39 is 0 Å². The quantitative estimate of drug-likeness (QED) is 0.724. The van der Waals surface area contributed by atoms with Crippen LogP contribution in [0.4, 0.5) is 0 Å². The van der Waals surface area contributed by atoms with Crippen molar-refractivity contribution in [1.82, 2.24) is 15.1 Å². The Bertz CT molecular complexity index is 252. The van der Waals surface area contributed by atoms with Crippen molar-refractivity contribution >= 4 is 0 Å². The van der Waals surface area contributed by atoms with Crippen molar-refractivity contribution in [3.05, 3.63) is 17.5 Å². The third-order valence-corrected chi connectivity index (χ3v) is 2.36. The number of likely N-dealkylation sites (N-methyl/N-ethyl adjacent to an activating group) is 1. The number of hydrogen-bond acceptors (Lipinski definition) is 2. The summed E-state index contributed by atoms with van der Waals surface area (Å²) in [5.74, 6) is 0. The first-order valence-corrected chi connectivity index (χ1v) is 4.30. The second-order valence-corrected chi connectivity index (χ2v) is 3.27. The maximum atomic E-state index is 4.19. The van der Waals surface area contributed by atoms with Crippen LogP contribution in [0.25, 0.3) is 0 Å². The Labute approximate surface area is 73.8 Å². The number of hydrogen-bond donors (Lipinski definition) is 1. The minimum Gasteiger partial charge on any atom is -0.317 e. The molecule has 0 aromatic carbocycles. The second-order valence-electron chi connectivity index (χ2n) is 3.27. The minimum absolute atomic E-state index is 0.521. The summed E-state index contributed by atoms with van der Waals surface area (Å²) in [5, 5.41) is 7.41. The Morgan fingerprint density at radius 1 is 1.67 bits per heavy atom. The Kier molecular flexibility index (Phi) is 2.87. The van der Waals surface area contributed by atoms with Crippen LogP contribution in [0.15, 0.2) is 6.20 Å². The lowest BCUT2D eigenvalue weighted by Gasteiger charge is -2.08. The predicted octanol–water partition coefficient (Wildman–Crippen LogP) is 0.879. The summed E-state index contributed by atoms with van der Waals surface area (Å²) < 4.78 is 1.91. The molecule has 0 aliphatic heterocycles. The fraction of sp³-hybridized carbons (Fsp3) is 0.667. The molecule has 0 aliphatic carbocycles. The van der Waals surface area contributed by atoms with Crippen molar-refractivity contribution in [2.45, 2.75) is 26.3 Å². The van der Waals surface area contributed by atoms with Gasteiger partial charge in [-0.25, -0.2) is 0 Å². The predicted molar refractivity (Wildman–Crippen MR) is 50.2 cm³/mol. The van der Waals surface area contributed by atoms with E-state index in [9.17, 15) is 0 Å². The Hall–Kier alpha value is -0.830. The summed E-state index contributed by atoms with van der Waals surface area (Å²) in [4.78, 5) is 0. The van der Waals surface area contributed by atoms with Gasteiger partial charge in [0.05, 0.1) is 6.20 Å². The highest BCUT2D eigenvalue weighted by atomic mass is 15.3. The van der Waals surface area contributed by atoms with E-state index in [0.29, 0.717) is 6.04 Å². The molecule has 1 heterocycles. The molecule has 1 aromatic rings. The smallest absolute Gasteiger partial charge is 0.0525 e. The first kappa shape index (κ1) is 9.26. The average Bonchev–Trinajstić information content (AvgIpc) is 2.36. The molecule has 68 valence electrons. The fourth-order valence-corrected chi connectivity index (χ4v) is 1.18. The molecule has 0 amide bonds. The zero-order valence-electron chi connectivity index (χ0n) is 8.26. The van der Waals surface area contributed by atoms with E-state index in [1.165, 1.54) is 11.3 Å². The molecule has 1 unspecified atom stereocenters. The van der Waals surface area contributed by atoms with Crippen LogP contribution in [0.3, 0.4) is 0 Å². The second kappa shape index (κ2) is 3.72. The van der Waals surface area contributed by atoms with Gasteiger partial charge in [-0.05, 0) is 32.9 Å². The molecule has 1 aromatic heterocycles. The maximum absolute atomic E-state index is 4.19. The molecule has 0 saturated heterocycles. The number of nitrogens with one attached hydrogen (secondary N) is 1. The number of aryl methyl sites for hydroxylation is 1. The number of nitrogens with zero attached hydrogens (tertiary/aromatic N) is 2. The molecule has 0 saturated carbocycles. The molecule has 3 nitrogen and oxygen atoms in total. The summed E-state index contributed by atoms with van der Waals surface area (Å²) in [6, 6.07) is 0.521. The van der Waals surface area contributed by atoms with E-state index in [0.717, 1.165) is 6.42 Å². The lowest BCUT2D eigenvalue weighted by Crippen LogP contribution is -2.23. The Balaban J connectivity index is 2.69. The number of rotatable bonds is 3. The lowest BCUT2D eigenvalue weighted by molar-refractivity contribution is 0.606. The van der Waals surface area contributed by atoms with E-state index >= 15 is 0 Å². The van der Waals surface area contributed by atoms with Crippen molar-refractivity contribution in [3.63, 3.8) is 0 Å². The fourth-order valence-electron chi connectivity index (χ4n) is 1.18. The van der Waals surface area contributed by atoms with E-state index in [1.807, 2.05) is 25.0 Å². The minimum atomic E-state index is 0.521. The van der Waals surface area contributed by atoms with Crippen LogP contribution in [-0.4, -0.2) is 22.9 Å². The molecule has 0 fully saturated rings. The van der Waals surface area contributed by atoms with Crippen LogP contribution < -0.4 is 5.32 Å². The molecule has 0 radical (unpaired) electrons. The van der Waals surface area contributed by atoms with Crippen LogP contribution >= 0.6 is 0 Å². The molecular formula is C9H17N3. The van der Waals surface area contributed by atoms with Crippen molar-refractivity contribution in [1.29, 1.82) is 0 Å². The summed E-state index contributed by atoms with van der Waals surface area (Å²) in [7, 11) is 3.96. The average molecular weight is 167 g/mol. The van der Waals surface area contributed by atoms with E-state index in [2.05, 4.69) is 24.3 Å². The van der Waals surface area contributed by atoms with Gasteiger partial charge >= 0.3 is 0 Å². The van der Waals surface area contributed by atoms with Gasteiger partial charge in [0, 0.05) is 18.8 Å². The first-order chi connectivity index (χ1) is 5.65. The summed E-state index contributed by atoms with van der Waals surface area (Å²) in [6.45, 7) is 4.27. The van der Waals surface area contributed by atoms with Gasteiger partial charge in [0.15, 0.2) is 0 Å². The van der Waals surface area contributed by atoms with E-state index in [1.54, 1.807) is 0 Å². The van der Waals surface area contributed by atoms with Crippen molar-refractivity contribution in [2.24, 2.45) is 7.05 Å². The molecule has 1 rings (SSSR count). The third-order valence-electron chi connectivity index (χ3n) is 2.36. The van der Waals surface area contributed by atoms with Crippen LogP contribution in [0.1, 0.15) is 18.2 Å². The zero-order chi connectivity index (χ0) is 9.14. The van der Waals surface area contributed by atoms with Crippen LogP contribution in [0, 0.1) is 6.92 Å². The highest BCUT2D eigenvalue weighted by Gasteiger charge is 2.06. The third kappa shape index (κ3) is 1.85. The van der Waals surface area contributed by atoms with E-state index in [-0.39, 0.29) is 0 Å². The molecular weight excluding hydrogens is 150 g/mol. The van der Waals surface area contributed by atoms with Gasteiger partial charge in [-0.2, -0.15) is 5.10 Å². The van der Waals surface area contributed by atoms with Crippen molar-refractivity contribution in [2.75, 3.05) is 7.05 Å². The molecule has 0 spiro atoms. The summed E-state index contributed by atoms with van der Waals surface area (Å²) in [5.41, 5.74) is 2.59. The maximum Gasteiger partial charge on any atom is 0.0525 e. The zero-order valence-corrected chi connectivity index (χ0v) is 8.26. The monoisotopic (exact) mass is 167 g/mol. The molecule has 3 heteroatoms. The first-order valence-electron chi connectivity index (χ1n) is 4.30. The summed E-state index contributed by atoms with van der Waals surface area (Å²) >= 11 is 0.